The highest BCUT2D eigenvalue weighted by Gasteiger charge is 2.33. The first-order chi connectivity index (χ1) is 11.5. The number of ether oxygens (including phenoxy) is 1. The number of amides is 1. The molecule has 9 heteroatoms. The van der Waals surface area contributed by atoms with Crippen molar-refractivity contribution >= 4 is 44.5 Å². The molecule has 0 radical (unpaired) electrons. The number of carbonyl (C=O) groups excluding carboxylic acids is 1. The van der Waals surface area contributed by atoms with Gasteiger partial charge in [-0.2, -0.15) is 14.6 Å². The number of aryl methyl sites for hydroxylation is 1. The van der Waals surface area contributed by atoms with Gasteiger partial charge in [-0.1, -0.05) is 0 Å². The summed E-state index contributed by atoms with van der Waals surface area (Å²) in [5.41, 5.74) is 2.53. The van der Waals surface area contributed by atoms with Crippen LogP contribution in [0.5, 0.6) is 0 Å². The summed E-state index contributed by atoms with van der Waals surface area (Å²) in [4.78, 5) is 22.4. The second-order valence-electron chi connectivity index (χ2n) is 5.70. The highest BCUT2D eigenvalue weighted by atomic mass is 79.9. The van der Waals surface area contributed by atoms with Gasteiger partial charge in [-0.25, -0.2) is 9.78 Å². The summed E-state index contributed by atoms with van der Waals surface area (Å²) in [6.07, 6.45) is 1.16. The van der Waals surface area contributed by atoms with E-state index >= 15 is 0 Å². The van der Waals surface area contributed by atoms with Crippen LogP contribution in [-0.4, -0.2) is 51.9 Å². The topological polar surface area (TPSA) is 84.6 Å². The van der Waals surface area contributed by atoms with Crippen molar-refractivity contribution in [3.8, 4) is 0 Å². The average Bonchev–Trinajstić information content (AvgIpc) is 2.92. The number of fused-ring (bicyclic) bond motifs is 3. The number of pyridine rings is 1. The number of carbonyl (C=O) groups is 1. The van der Waals surface area contributed by atoms with Gasteiger partial charge in [0.15, 0.2) is 5.65 Å². The van der Waals surface area contributed by atoms with Crippen molar-refractivity contribution in [3.05, 3.63) is 28.5 Å². The molecule has 1 N–H and O–H groups in total. The van der Waals surface area contributed by atoms with Gasteiger partial charge in [0, 0.05) is 23.1 Å². The normalized spacial score (nSPS) is 14.9. The summed E-state index contributed by atoms with van der Waals surface area (Å²) in [6.45, 7) is 3.11. The Balaban J connectivity index is 1.73. The number of hydrogen-bond donors (Lipinski definition) is 1. The van der Waals surface area contributed by atoms with Crippen LogP contribution in [0, 0.1) is 6.92 Å². The van der Waals surface area contributed by atoms with Gasteiger partial charge >= 0.3 is 6.09 Å². The molecule has 8 nitrogen and oxygen atoms in total. The van der Waals surface area contributed by atoms with Crippen molar-refractivity contribution in [2.45, 2.75) is 13.0 Å². The predicted octanol–water partition coefficient (Wildman–Crippen LogP) is 1.89. The Bertz CT molecular complexity index is 950. The maximum atomic E-state index is 11.3. The van der Waals surface area contributed by atoms with Crippen LogP contribution < -0.4 is 10.2 Å². The highest BCUT2D eigenvalue weighted by molar-refractivity contribution is 9.10. The molecule has 4 heterocycles. The summed E-state index contributed by atoms with van der Waals surface area (Å²) < 4.78 is 7.95. The van der Waals surface area contributed by atoms with Crippen molar-refractivity contribution in [1.29, 1.82) is 0 Å². The molecule has 0 aromatic carbocycles. The van der Waals surface area contributed by atoms with Gasteiger partial charge in [0.1, 0.15) is 6.10 Å². The molecule has 1 amide bonds. The fourth-order valence-electron chi connectivity index (χ4n) is 2.79. The van der Waals surface area contributed by atoms with Crippen LogP contribution in [0.25, 0.3) is 16.6 Å². The van der Waals surface area contributed by atoms with E-state index in [1.165, 1.54) is 0 Å². The van der Waals surface area contributed by atoms with E-state index in [-0.39, 0.29) is 6.10 Å². The highest BCUT2D eigenvalue weighted by Crippen LogP contribution is 2.28. The average molecular weight is 391 g/mol. The number of alkyl carbamates (subject to hydrolysis) is 1. The predicted molar refractivity (Wildman–Crippen MR) is 92.3 cm³/mol. The van der Waals surface area contributed by atoms with Crippen molar-refractivity contribution in [2.24, 2.45) is 0 Å². The zero-order valence-corrected chi connectivity index (χ0v) is 14.7. The third kappa shape index (κ3) is 2.44. The molecule has 0 saturated carbocycles. The summed E-state index contributed by atoms with van der Waals surface area (Å²) >= 11 is 3.45. The number of aromatic nitrogens is 4. The first kappa shape index (κ1) is 15.1. The van der Waals surface area contributed by atoms with E-state index in [1.807, 2.05) is 28.5 Å². The molecule has 0 spiro atoms. The first-order valence-electron chi connectivity index (χ1n) is 7.50. The lowest BCUT2D eigenvalue weighted by atomic mass is 10.2. The van der Waals surface area contributed by atoms with Crippen LogP contribution in [-0.2, 0) is 4.74 Å². The molecule has 0 bridgehead atoms. The Morgan fingerprint density at radius 2 is 2.21 bits per heavy atom. The second-order valence-corrected chi connectivity index (χ2v) is 6.62. The van der Waals surface area contributed by atoms with Crippen molar-refractivity contribution in [1.82, 2.24) is 24.9 Å². The largest absolute Gasteiger partial charge is 0.442 e. The van der Waals surface area contributed by atoms with Crippen LogP contribution in [0.2, 0.25) is 0 Å². The van der Waals surface area contributed by atoms with Gasteiger partial charge in [-0.15, -0.1) is 0 Å². The van der Waals surface area contributed by atoms with Gasteiger partial charge < -0.3 is 15.0 Å². The SMILES string of the molecule is CNC(=O)OC1CN(c2nc3ncc(Br)cc3c3cc(C)nn23)C1. The first-order valence-corrected chi connectivity index (χ1v) is 8.29. The van der Waals surface area contributed by atoms with Gasteiger partial charge in [0.25, 0.3) is 0 Å². The molecule has 1 aliphatic heterocycles. The monoisotopic (exact) mass is 390 g/mol. The standard InChI is InChI=1S/C15H15BrN6O2/c1-8-3-12-11-4-9(16)5-18-13(11)19-14(22(12)20-8)21-6-10(7-21)24-15(23)17-2/h3-5,10H,6-7H2,1-2H3,(H,17,23). The van der Waals surface area contributed by atoms with E-state index in [1.54, 1.807) is 13.2 Å². The number of nitrogens with zero attached hydrogens (tertiary/aromatic N) is 5. The van der Waals surface area contributed by atoms with Crippen LogP contribution >= 0.6 is 15.9 Å². The van der Waals surface area contributed by atoms with Crippen molar-refractivity contribution in [3.63, 3.8) is 0 Å². The number of anilines is 1. The second kappa shape index (κ2) is 5.59. The fourth-order valence-corrected chi connectivity index (χ4v) is 3.12. The molecule has 4 rings (SSSR count). The molecule has 0 aliphatic carbocycles. The number of nitrogens with one attached hydrogen (secondary N) is 1. The van der Waals surface area contributed by atoms with Gasteiger partial charge in [0.2, 0.25) is 5.95 Å². The number of hydrogen-bond acceptors (Lipinski definition) is 6. The molecular weight excluding hydrogens is 376 g/mol. The van der Waals surface area contributed by atoms with Crippen LogP contribution in [0.4, 0.5) is 10.7 Å². The lowest BCUT2D eigenvalue weighted by Gasteiger charge is -2.38. The Labute approximate surface area is 145 Å². The maximum Gasteiger partial charge on any atom is 0.407 e. The minimum atomic E-state index is -0.419. The van der Waals surface area contributed by atoms with E-state index in [0.717, 1.165) is 21.1 Å². The number of halogens is 1. The Morgan fingerprint density at radius 3 is 2.96 bits per heavy atom. The van der Waals surface area contributed by atoms with Gasteiger partial charge in [0.05, 0.1) is 24.3 Å². The van der Waals surface area contributed by atoms with E-state index in [9.17, 15) is 4.79 Å². The summed E-state index contributed by atoms with van der Waals surface area (Å²) in [5, 5.41) is 7.94. The van der Waals surface area contributed by atoms with Crippen LogP contribution in [0.1, 0.15) is 5.69 Å². The molecule has 1 saturated heterocycles. The summed E-state index contributed by atoms with van der Waals surface area (Å²) in [6, 6.07) is 4.00. The molecular formula is C15H15BrN6O2. The maximum absolute atomic E-state index is 11.3. The van der Waals surface area contributed by atoms with E-state index < -0.39 is 6.09 Å². The molecule has 1 fully saturated rings. The van der Waals surface area contributed by atoms with Crippen molar-refractivity contribution in [2.75, 3.05) is 25.0 Å². The van der Waals surface area contributed by atoms with Crippen LogP contribution in [0.3, 0.4) is 0 Å². The zero-order valence-electron chi connectivity index (χ0n) is 13.2. The fraction of sp³-hybridized carbons (Fsp3) is 0.333. The van der Waals surface area contributed by atoms with Gasteiger partial charge in [-0.05, 0) is 35.0 Å². The molecule has 3 aromatic rings. The Morgan fingerprint density at radius 1 is 1.42 bits per heavy atom. The third-order valence-electron chi connectivity index (χ3n) is 3.94. The lowest BCUT2D eigenvalue weighted by Crippen LogP contribution is -2.54. The third-order valence-corrected chi connectivity index (χ3v) is 4.38. The number of rotatable bonds is 2. The molecule has 124 valence electrons. The van der Waals surface area contributed by atoms with Gasteiger partial charge in [-0.3, -0.25) is 0 Å². The van der Waals surface area contributed by atoms with Crippen LogP contribution in [0.15, 0.2) is 22.8 Å². The summed E-state index contributed by atoms with van der Waals surface area (Å²) in [5.74, 6) is 0.706. The minimum absolute atomic E-state index is 0.146. The molecule has 0 atom stereocenters. The zero-order chi connectivity index (χ0) is 16.8. The summed E-state index contributed by atoms with van der Waals surface area (Å²) in [7, 11) is 1.55. The van der Waals surface area contributed by atoms with E-state index in [2.05, 4.69) is 36.3 Å². The Kier molecular flexibility index (Phi) is 3.52. The molecule has 0 unspecified atom stereocenters. The molecule has 24 heavy (non-hydrogen) atoms. The van der Waals surface area contributed by atoms with E-state index in [4.69, 9.17) is 4.74 Å². The quantitative estimate of drug-likeness (QED) is 0.718. The van der Waals surface area contributed by atoms with E-state index in [0.29, 0.717) is 24.7 Å². The Hall–Kier alpha value is -2.42. The smallest absolute Gasteiger partial charge is 0.407 e. The van der Waals surface area contributed by atoms with Crippen molar-refractivity contribution < 1.29 is 9.53 Å². The lowest BCUT2D eigenvalue weighted by molar-refractivity contribution is 0.0818. The minimum Gasteiger partial charge on any atom is -0.442 e. The molecule has 1 aliphatic rings. The molecule has 3 aromatic heterocycles.